The lowest BCUT2D eigenvalue weighted by Gasteiger charge is -2.37. The molecule has 6 heterocycles. The van der Waals surface area contributed by atoms with E-state index in [0.717, 1.165) is 65.3 Å². The zero-order chi connectivity index (χ0) is 21.8. The van der Waals surface area contributed by atoms with Crippen molar-refractivity contribution in [2.75, 3.05) is 65.8 Å². The van der Waals surface area contributed by atoms with E-state index in [9.17, 15) is 9.50 Å². The van der Waals surface area contributed by atoms with Gasteiger partial charge in [0, 0.05) is 43.2 Å². The van der Waals surface area contributed by atoms with E-state index in [-0.39, 0.29) is 35.9 Å². The fraction of sp³-hybridized carbons (Fsp3) is 1.00. The molecule has 1 N–H and O–H groups in total. The van der Waals surface area contributed by atoms with Crippen molar-refractivity contribution in [3.63, 3.8) is 0 Å². The molecule has 182 valence electrons. The summed E-state index contributed by atoms with van der Waals surface area (Å²) >= 11 is 0. The number of aliphatic hydroxyl groups is 1. The van der Waals surface area contributed by atoms with Gasteiger partial charge < -0.3 is 19.3 Å². The molecule has 0 saturated carbocycles. The quantitative estimate of drug-likeness (QED) is 0.589. The number of rotatable bonds is 8. The zero-order valence-electron chi connectivity index (χ0n) is 19.3. The Hall–Kier alpha value is -0.350. The molecule has 0 radical (unpaired) electrons. The third kappa shape index (κ3) is 3.84. The Morgan fingerprint density at radius 3 is 2.28 bits per heavy atom. The number of ether oxygens (including phenoxy) is 3. The number of hydrogen-bond donors (Lipinski definition) is 1. The summed E-state index contributed by atoms with van der Waals surface area (Å²) in [6, 6.07) is 0.644. The summed E-state index contributed by atoms with van der Waals surface area (Å²) in [5, 5.41) is 9.83. The molecule has 0 aliphatic carbocycles. The summed E-state index contributed by atoms with van der Waals surface area (Å²) in [6.07, 6.45) is 6.96. The molecule has 6 saturated heterocycles. The van der Waals surface area contributed by atoms with Crippen LogP contribution in [0.5, 0.6) is 0 Å². The second-order valence-corrected chi connectivity index (χ2v) is 11.4. The Morgan fingerprint density at radius 2 is 1.59 bits per heavy atom. The minimum absolute atomic E-state index is 0.0477. The maximum Gasteiger partial charge on any atom is 0.115 e. The Bertz CT molecular complexity index is 684. The van der Waals surface area contributed by atoms with Gasteiger partial charge in [-0.3, -0.25) is 14.7 Å². The topological polar surface area (TPSA) is 57.6 Å². The van der Waals surface area contributed by atoms with Crippen molar-refractivity contribution < 1.29 is 23.7 Å². The van der Waals surface area contributed by atoms with Gasteiger partial charge in [0.1, 0.15) is 6.17 Å². The summed E-state index contributed by atoms with van der Waals surface area (Å²) in [5.41, 5.74) is 0.0473. The lowest BCUT2D eigenvalue weighted by atomic mass is 9.93. The number of alkyl halides is 1. The van der Waals surface area contributed by atoms with E-state index < -0.39 is 6.17 Å². The van der Waals surface area contributed by atoms with Crippen LogP contribution in [-0.4, -0.2) is 127 Å². The van der Waals surface area contributed by atoms with Crippen LogP contribution in [0.4, 0.5) is 4.39 Å². The van der Waals surface area contributed by atoms with Crippen LogP contribution >= 0.6 is 0 Å². The minimum Gasteiger partial charge on any atom is -0.395 e. The SMILES string of the molecule is OCC1CC(OCC23CCCN2CC(OCC24CCCN2CC(F)C4)C3)CN1C1COC1. The predicted molar refractivity (Wildman–Crippen MR) is 117 cm³/mol. The van der Waals surface area contributed by atoms with Gasteiger partial charge in [0.2, 0.25) is 0 Å². The third-order valence-electron chi connectivity index (χ3n) is 9.43. The molecule has 6 aliphatic heterocycles. The average Bonchev–Trinajstić information content (AvgIpc) is 3.49. The Kier molecular flexibility index (Phi) is 6.02. The van der Waals surface area contributed by atoms with Crippen molar-refractivity contribution in [1.82, 2.24) is 14.7 Å². The number of nitrogens with zero attached hydrogens (tertiary/aromatic N) is 3. The molecule has 0 bridgehead atoms. The highest BCUT2D eigenvalue weighted by Gasteiger charge is 2.52. The van der Waals surface area contributed by atoms with Gasteiger partial charge in [-0.25, -0.2) is 4.39 Å². The number of hydrogen-bond acceptors (Lipinski definition) is 7. The first-order valence-corrected chi connectivity index (χ1v) is 12.9. The van der Waals surface area contributed by atoms with Crippen molar-refractivity contribution in [3.8, 4) is 0 Å². The van der Waals surface area contributed by atoms with E-state index in [4.69, 9.17) is 14.2 Å². The molecule has 6 aliphatic rings. The molecule has 6 fully saturated rings. The minimum atomic E-state index is -0.689. The first-order chi connectivity index (χ1) is 15.6. The van der Waals surface area contributed by atoms with Crippen LogP contribution in [0.25, 0.3) is 0 Å². The molecule has 0 amide bonds. The third-order valence-corrected chi connectivity index (χ3v) is 9.43. The molecular weight excluding hydrogens is 413 g/mol. The normalized spacial score (nSPS) is 45.6. The predicted octanol–water partition coefficient (Wildman–Crippen LogP) is 1.04. The standard InChI is InChI=1S/C24H40FN3O4/c25-18-8-23(3-1-5-26(23)10-18)16-32-22-9-24(4-2-6-27(24)11-22)17-31-21-7-19(13-29)28(12-21)20-14-30-15-20/h18-22,29H,1-17H2. The first kappa shape index (κ1) is 22.1. The highest BCUT2D eigenvalue weighted by molar-refractivity contribution is 5.07. The van der Waals surface area contributed by atoms with Crippen LogP contribution in [0.2, 0.25) is 0 Å². The molecule has 32 heavy (non-hydrogen) atoms. The van der Waals surface area contributed by atoms with E-state index in [1.165, 1.54) is 19.3 Å². The Morgan fingerprint density at radius 1 is 0.906 bits per heavy atom. The van der Waals surface area contributed by atoms with E-state index in [1.54, 1.807) is 0 Å². The van der Waals surface area contributed by atoms with Gasteiger partial charge in [-0.2, -0.15) is 0 Å². The number of aliphatic hydroxyl groups excluding tert-OH is 1. The first-order valence-electron chi connectivity index (χ1n) is 12.9. The highest BCUT2D eigenvalue weighted by Crippen LogP contribution is 2.44. The molecule has 6 atom stereocenters. The van der Waals surface area contributed by atoms with Gasteiger partial charge in [0.25, 0.3) is 0 Å². The highest BCUT2D eigenvalue weighted by atomic mass is 19.1. The molecule has 7 nitrogen and oxygen atoms in total. The van der Waals surface area contributed by atoms with Crippen molar-refractivity contribution in [1.29, 1.82) is 0 Å². The van der Waals surface area contributed by atoms with E-state index in [0.29, 0.717) is 25.6 Å². The van der Waals surface area contributed by atoms with Crippen molar-refractivity contribution in [2.24, 2.45) is 0 Å². The van der Waals surface area contributed by atoms with Gasteiger partial charge in [-0.05, 0) is 51.6 Å². The van der Waals surface area contributed by atoms with Gasteiger partial charge in [0.05, 0.1) is 51.3 Å². The molecule has 6 rings (SSSR count). The second kappa shape index (κ2) is 8.70. The molecule has 0 aromatic carbocycles. The Balaban J connectivity index is 1.04. The number of likely N-dealkylation sites (tertiary alicyclic amines) is 1. The number of fused-ring (bicyclic) bond motifs is 2. The largest absolute Gasteiger partial charge is 0.395 e. The number of halogens is 1. The summed E-state index contributed by atoms with van der Waals surface area (Å²) in [7, 11) is 0. The second-order valence-electron chi connectivity index (χ2n) is 11.4. The molecule has 0 aromatic heterocycles. The molecule has 6 unspecified atom stereocenters. The van der Waals surface area contributed by atoms with Crippen molar-refractivity contribution in [3.05, 3.63) is 0 Å². The lowest BCUT2D eigenvalue weighted by Crippen LogP contribution is -2.52. The summed E-state index contributed by atoms with van der Waals surface area (Å²) in [4.78, 5) is 7.35. The Labute approximate surface area is 191 Å². The van der Waals surface area contributed by atoms with Crippen LogP contribution in [0.15, 0.2) is 0 Å². The summed E-state index contributed by atoms with van der Waals surface area (Å²) in [5.74, 6) is 0. The van der Waals surface area contributed by atoms with Gasteiger partial charge in [-0.1, -0.05) is 0 Å². The summed E-state index contributed by atoms with van der Waals surface area (Å²) in [6.45, 7) is 7.83. The zero-order valence-corrected chi connectivity index (χ0v) is 19.3. The van der Waals surface area contributed by atoms with Crippen LogP contribution in [0, 0.1) is 0 Å². The van der Waals surface area contributed by atoms with E-state index >= 15 is 0 Å². The van der Waals surface area contributed by atoms with Gasteiger partial charge in [0.15, 0.2) is 0 Å². The smallest absolute Gasteiger partial charge is 0.115 e. The molecule has 0 aromatic rings. The maximum absolute atomic E-state index is 14.1. The average molecular weight is 454 g/mol. The van der Waals surface area contributed by atoms with Crippen molar-refractivity contribution >= 4 is 0 Å². The molecule has 0 spiro atoms. The van der Waals surface area contributed by atoms with Gasteiger partial charge >= 0.3 is 0 Å². The molecule has 8 heteroatoms. The van der Waals surface area contributed by atoms with Crippen molar-refractivity contribution in [2.45, 2.75) is 86.5 Å². The summed E-state index contributed by atoms with van der Waals surface area (Å²) < 4.78 is 32.5. The van der Waals surface area contributed by atoms with Crippen LogP contribution in [0.3, 0.4) is 0 Å². The lowest BCUT2D eigenvalue weighted by molar-refractivity contribution is -0.0789. The van der Waals surface area contributed by atoms with Crippen LogP contribution in [-0.2, 0) is 14.2 Å². The van der Waals surface area contributed by atoms with Crippen LogP contribution < -0.4 is 0 Å². The van der Waals surface area contributed by atoms with Crippen LogP contribution in [0.1, 0.15) is 44.9 Å². The van der Waals surface area contributed by atoms with Gasteiger partial charge in [-0.15, -0.1) is 0 Å². The van der Waals surface area contributed by atoms with E-state index in [1.807, 2.05) is 0 Å². The fourth-order valence-electron chi connectivity index (χ4n) is 7.63. The molecular formula is C24H40FN3O4. The van der Waals surface area contributed by atoms with E-state index in [2.05, 4.69) is 14.7 Å². The fourth-order valence-corrected chi connectivity index (χ4v) is 7.63. The maximum atomic E-state index is 14.1. The monoisotopic (exact) mass is 453 g/mol.